The maximum Gasteiger partial charge on any atom is 0.322 e. The molecular formula is C5H14N2O4. The number of carboxylic acids is 1. The van der Waals surface area contributed by atoms with E-state index in [1.807, 2.05) is 0 Å². The van der Waals surface area contributed by atoms with E-state index >= 15 is 0 Å². The first-order valence-corrected chi connectivity index (χ1v) is 2.97. The molecule has 1 aliphatic rings. The van der Waals surface area contributed by atoms with Crippen LogP contribution in [0.4, 0.5) is 0 Å². The van der Waals surface area contributed by atoms with Crippen molar-refractivity contribution in [3.63, 3.8) is 0 Å². The van der Waals surface area contributed by atoms with Gasteiger partial charge in [-0.2, -0.15) is 0 Å². The number of nitrogens with one attached hydrogen (secondary N) is 2. The van der Waals surface area contributed by atoms with E-state index in [1.54, 1.807) is 0 Å². The van der Waals surface area contributed by atoms with Crippen LogP contribution in [-0.2, 0) is 4.79 Å². The molecule has 0 spiro atoms. The lowest BCUT2D eigenvalue weighted by atomic mass is 10.2. The van der Waals surface area contributed by atoms with Gasteiger partial charge < -0.3 is 26.7 Å². The summed E-state index contributed by atoms with van der Waals surface area (Å²) in [5, 5.41) is 14.3. The summed E-state index contributed by atoms with van der Waals surface area (Å²) in [6, 6.07) is -0.390. The molecule has 11 heavy (non-hydrogen) atoms. The fraction of sp³-hybridized carbons (Fsp3) is 0.800. The second kappa shape index (κ2) is 6.05. The molecule has 0 aromatic heterocycles. The SMILES string of the molecule is O.O.O=C(O)C1CNCCN1. The molecule has 0 aromatic carbocycles. The maximum absolute atomic E-state index is 10.3. The fourth-order valence-electron chi connectivity index (χ4n) is 0.828. The molecule has 1 atom stereocenters. The Balaban J connectivity index is 0. The molecule has 0 amide bonds. The van der Waals surface area contributed by atoms with Crippen molar-refractivity contribution in [2.24, 2.45) is 0 Å². The summed E-state index contributed by atoms with van der Waals surface area (Å²) < 4.78 is 0. The normalized spacial score (nSPS) is 22.7. The highest BCUT2D eigenvalue weighted by atomic mass is 16.4. The van der Waals surface area contributed by atoms with Gasteiger partial charge in [0.2, 0.25) is 0 Å². The van der Waals surface area contributed by atoms with Crippen molar-refractivity contribution >= 4 is 5.97 Å². The van der Waals surface area contributed by atoms with Crippen LogP contribution in [0.3, 0.4) is 0 Å². The molecule has 1 unspecified atom stereocenters. The maximum atomic E-state index is 10.3. The summed E-state index contributed by atoms with van der Waals surface area (Å²) in [6.45, 7) is 2.15. The van der Waals surface area contributed by atoms with Crippen LogP contribution in [0.1, 0.15) is 0 Å². The number of carbonyl (C=O) groups is 1. The lowest BCUT2D eigenvalue weighted by Gasteiger charge is -2.20. The van der Waals surface area contributed by atoms with Crippen LogP contribution in [0.2, 0.25) is 0 Å². The molecule has 0 aliphatic carbocycles. The van der Waals surface area contributed by atoms with E-state index < -0.39 is 12.0 Å². The molecule has 68 valence electrons. The van der Waals surface area contributed by atoms with Gasteiger partial charge in [-0.15, -0.1) is 0 Å². The van der Waals surface area contributed by atoms with Crippen LogP contribution in [0, 0.1) is 0 Å². The third kappa shape index (κ3) is 3.89. The minimum atomic E-state index is -0.776. The minimum Gasteiger partial charge on any atom is -0.480 e. The van der Waals surface area contributed by atoms with Crippen LogP contribution in [-0.4, -0.2) is 47.7 Å². The highest BCUT2D eigenvalue weighted by Crippen LogP contribution is 1.84. The first-order valence-electron chi connectivity index (χ1n) is 2.97. The van der Waals surface area contributed by atoms with Gasteiger partial charge in [0, 0.05) is 19.6 Å². The van der Waals surface area contributed by atoms with Crippen molar-refractivity contribution in [3.8, 4) is 0 Å². The van der Waals surface area contributed by atoms with Gasteiger partial charge in [0.15, 0.2) is 0 Å². The quantitative estimate of drug-likeness (QED) is 0.383. The van der Waals surface area contributed by atoms with E-state index in [0.717, 1.165) is 13.1 Å². The van der Waals surface area contributed by atoms with Crippen molar-refractivity contribution in [2.45, 2.75) is 6.04 Å². The van der Waals surface area contributed by atoms with E-state index in [1.165, 1.54) is 0 Å². The van der Waals surface area contributed by atoms with Crippen molar-refractivity contribution < 1.29 is 20.9 Å². The van der Waals surface area contributed by atoms with Crippen molar-refractivity contribution in [1.29, 1.82) is 0 Å². The monoisotopic (exact) mass is 166 g/mol. The second-order valence-electron chi connectivity index (χ2n) is 2.05. The lowest BCUT2D eigenvalue weighted by Crippen LogP contribution is -2.52. The van der Waals surface area contributed by atoms with Crippen molar-refractivity contribution in [3.05, 3.63) is 0 Å². The molecule has 1 heterocycles. The molecular weight excluding hydrogens is 152 g/mol. The number of hydrogen-bond acceptors (Lipinski definition) is 3. The molecule has 1 saturated heterocycles. The Labute approximate surface area is 64.2 Å². The summed E-state index contributed by atoms with van der Waals surface area (Å²) in [5.74, 6) is -0.776. The predicted molar refractivity (Wildman–Crippen MR) is 39.5 cm³/mol. The largest absolute Gasteiger partial charge is 0.480 e. The Bertz CT molecular complexity index is 113. The Morgan fingerprint density at radius 2 is 2.00 bits per heavy atom. The number of hydrogen-bond donors (Lipinski definition) is 3. The first-order chi connectivity index (χ1) is 4.30. The summed E-state index contributed by atoms with van der Waals surface area (Å²) in [6.07, 6.45) is 0. The van der Waals surface area contributed by atoms with Gasteiger partial charge in [0.25, 0.3) is 0 Å². The number of rotatable bonds is 1. The molecule has 0 saturated carbocycles. The average molecular weight is 166 g/mol. The summed E-state index contributed by atoms with van der Waals surface area (Å²) in [7, 11) is 0. The van der Waals surface area contributed by atoms with Gasteiger partial charge in [0.05, 0.1) is 0 Å². The molecule has 6 heteroatoms. The number of carboxylic acid groups (broad SMARTS) is 1. The highest BCUT2D eigenvalue weighted by molar-refractivity contribution is 5.73. The first kappa shape index (κ1) is 12.9. The zero-order chi connectivity index (χ0) is 6.69. The lowest BCUT2D eigenvalue weighted by molar-refractivity contribution is -0.139. The Morgan fingerprint density at radius 3 is 2.27 bits per heavy atom. The van der Waals surface area contributed by atoms with Gasteiger partial charge in [-0.1, -0.05) is 0 Å². The molecule has 0 bridgehead atoms. The van der Waals surface area contributed by atoms with Crippen LogP contribution in [0.25, 0.3) is 0 Å². The van der Waals surface area contributed by atoms with E-state index in [0.29, 0.717) is 6.54 Å². The predicted octanol–water partition coefficient (Wildman–Crippen LogP) is -3.02. The second-order valence-corrected chi connectivity index (χ2v) is 2.05. The Kier molecular flexibility index (Phi) is 7.12. The zero-order valence-corrected chi connectivity index (χ0v) is 6.05. The molecule has 6 nitrogen and oxygen atoms in total. The Hall–Kier alpha value is -0.690. The van der Waals surface area contributed by atoms with E-state index in [4.69, 9.17) is 5.11 Å². The summed E-state index contributed by atoms with van der Waals surface area (Å²) in [4.78, 5) is 10.3. The van der Waals surface area contributed by atoms with E-state index in [2.05, 4.69) is 10.6 Å². The van der Waals surface area contributed by atoms with Crippen LogP contribution in [0.5, 0.6) is 0 Å². The summed E-state index contributed by atoms with van der Waals surface area (Å²) >= 11 is 0. The standard InChI is InChI=1S/C5H10N2O2.2H2O/c8-5(9)4-3-6-1-2-7-4;;/h4,6-7H,1-3H2,(H,8,9);2*1H2. The van der Waals surface area contributed by atoms with Gasteiger partial charge in [-0.05, 0) is 0 Å². The van der Waals surface area contributed by atoms with Crippen LogP contribution < -0.4 is 10.6 Å². The van der Waals surface area contributed by atoms with E-state index in [9.17, 15) is 4.79 Å². The van der Waals surface area contributed by atoms with Gasteiger partial charge in [-0.25, -0.2) is 0 Å². The smallest absolute Gasteiger partial charge is 0.322 e. The average Bonchev–Trinajstić information content (AvgIpc) is 1.90. The van der Waals surface area contributed by atoms with Crippen LogP contribution >= 0.6 is 0 Å². The number of piperazine rings is 1. The van der Waals surface area contributed by atoms with Gasteiger partial charge in [-0.3, -0.25) is 4.79 Å². The third-order valence-corrected chi connectivity index (χ3v) is 1.34. The highest BCUT2D eigenvalue weighted by Gasteiger charge is 2.18. The summed E-state index contributed by atoms with van der Waals surface area (Å²) in [5.41, 5.74) is 0. The Morgan fingerprint density at radius 1 is 1.36 bits per heavy atom. The van der Waals surface area contributed by atoms with E-state index in [-0.39, 0.29) is 11.0 Å². The topological polar surface area (TPSA) is 124 Å². The minimum absolute atomic E-state index is 0. The molecule has 0 radical (unpaired) electrons. The van der Waals surface area contributed by atoms with Crippen molar-refractivity contribution in [2.75, 3.05) is 19.6 Å². The third-order valence-electron chi connectivity index (χ3n) is 1.34. The van der Waals surface area contributed by atoms with Gasteiger partial charge >= 0.3 is 5.97 Å². The molecule has 1 rings (SSSR count). The molecule has 0 aromatic rings. The number of aliphatic carboxylic acids is 1. The molecule has 1 aliphatic heterocycles. The fourth-order valence-corrected chi connectivity index (χ4v) is 0.828. The van der Waals surface area contributed by atoms with Gasteiger partial charge in [0.1, 0.15) is 6.04 Å². The van der Waals surface area contributed by atoms with Crippen molar-refractivity contribution in [1.82, 2.24) is 10.6 Å². The zero-order valence-electron chi connectivity index (χ0n) is 6.05. The molecule has 1 fully saturated rings. The van der Waals surface area contributed by atoms with Crippen LogP contribution in [0.15, 0.2) is 0 Å². The molecule has 7 N–H and O–H groups in total.